The Labute approximate surface area is 179 Å². The number of benzene rings is 1. The van der Waals surface area contributed by atoms with Crippen molar-refractivity contribution in [2.45, 2.75) is 27.3 Å². The van der Waals surface area contributed by atoms with E-state index in [1.807, 2.05) is 26.0 Å². The van der Waals surface area contributed by atoms with Gasteiger partial charge in [0.25, 0.3) is 0 Å². The number of rotatable bonds is 3. The summed E-state index contributed by atoms with van der Waals surface area (Å²) < 4.78 is 34.5. The molecule has 0 aliphatic carbocycles. The van der Waals surface area contributed by atoms with Gasteiger partial charge in [-0.05, 0) is 32.4 Å². The van der Waals surface area contributed by atoms with Crippen LogP contribution in [-0.2, 0) is 0 Å². The molecule has 4 heterocycles. The number of aryl methyl sites for hydroxylation is 2. The lowest BCUT2D eigenvalue weighted by atomic mass is 10.1. The van der Waals surface area contributed by atoms with E-state index in [4.69, 9.17) is 10.1 Å². The van der Waals surface area contributed by atoms with Crippen LogP contribution in [0.1, 0.15) is 23.5 Å². The number of nitrogens with one attached hydrogen (secondary N) is 2. The summed E-state index contributed by atoms with van der Waals surface area (Å²) in [6, 6.07) is 3.72. The SMILES string of the molecule is COc1ccc(C)c(-n2c(=N)c3c(O)nc4c(cnn4C(F)F)c4[nH]c(C)nc2c34)c1C. The van der Waals surface area contributed by atoms with Crippen LogP contribution in [0, 0.1) is 26.2 Å². The van der Waals surface area contributed by atoms with Crippen LogP contribution in [-0.4, -0.2) is 41.5 Å². The molecule has 4 aromatic heterocycles. The van der Waals surface area contributed by atoms with E-state index in [0.717, 1.165) is 11.1 Å². The molecule has 0 aliphatic heterocycles. The molecule has 11 heteroatoms. The van der Waals surface area contributed by atoms with Crippen molar-refractivity contribution in [2.75, 3.05) is 7.11 Å². The fraction of sp³-hybridized carbons (Fsp3) is 0.238. The Morgan fingerprint density at radius 2 is 1.88 bits per heavy atom. The standard InChI is InChI=1S/C21H19F2N7O2/c1-8-5-6-12(32-4)9(2)16(8)29-17(24)14-13-15(26-10(3)27-19(13)29)11-7-25-30(21(22)23)18(11)28-20(14)31/h5-7,21,24,31H,1-4H3,(H,26,27). The highest BCUT2D eigenvalue weighted by Gasteiger charge is 2.25. The first-order chi connectivity index (χ1) is 15.2. The van der Waals surface area contributed by atoms with Gasteiger partial charge >= 0.3 is 6.55 Å². The fourth-order valence-electron chi connectivity index (χ4n) is 4.29. The number of aromatic hydroxyl groups is 1. The molecule has 3 N–H and O–H groups in total. The van der Waals surface area contributed by atoms with Crippen molar-refractivity contribution in [3.05, 3.63) is 40.8 Å². The molecule has 1 aromatic carbocycles. The number of methoxy groups -OCH3 is 1. The van der Waals surface area contributed by atoms with Gasteiger partial charge in [-0.15, -0.1) is 0 Å². The summed E-state index contributed by atoms with van der Waals surface area (Å²) in [5, 5.41) is 24.3. The molecule has 0 unspecified atom stereocenters. The zero-order chi connectivity index (χ0) is 22.9. The van der Waals surface area contributed by atoms with Crippen molar-refractivity contribution in [3.63, 3.8) is 0 Å². The minimum atomic E-state index is -2.94. The van der Waals surface area contributed by atoms with Crippen molar-refractivity contribution in [2.24, 2.45) is 0 Å². The van der Waals surface area contributed by atoms with Crippen LogP contribution in [0.2, 0.25) is 0 Å². The van der Waals surface area contributed by atoms with E-state index >= 15 is 0 Å². The van der Waals surface area contributed by atoms with Gasteiger partial charge in [-0.25, -0.2) is 4.98 Å². The molecule has 0 radical (unpaired) electrons. The predicted molar refractivity (Wildman–Crippen MR) is 114 cm³/mol. The molecule has 0 spiro atoms. The summed E-state index contributed by atoms with van der Waals surface area (Å²) in [7, 11) is 1.57. The lowest BCUT2D eigenvalue weighted by Gasteiger charge is -2.15. The van der Waals surface area contributed by atoms with E-state index < -0.39 is 12.4 Å². The average molecular weight is 439 g/mol. The number of aromatic amines is 1. The van der Waals surface area contributed by atoms with Gasteiger partial charge in [0.1, 0.15) is 17.1 Å². The zero-order valence-electron chi connectivity index (χ0n) is 17.7. The molecule has 0 saturated carbocycles. The maximum atomic E-state index is 13.5. The van der Waals surface area contributed by atoms with Crippen LogP contribution in [0.15, 0.2) is 18.3 Å². The van der Waals surface area contributed by atoms with E-state index in [1.54, 1.807) is 18.6 Å². The van der Waals surface area contributed by atoms with Crippen LogP contribution in [0.5, 0.6) is 11.6 Å². The minimum Gasteiger partial charge on any atom is -0.496 e. The molecule has 0 aliphatic rings. The Hall–Kier alpha value is -4.02. The van der Waals surface area contributed by atoms with E-state index in [2.05, 4.69) is 20.1 Å². The largest absolute Gasteiger partial charge is 0.496 e. The highest BCUT2D eigenvalue weighted by Crippen LogP contribution is 2.36. The monoisotopic (exact) mass is 439 g/mol. The molecular formula is C21H19F2N7O2. The van der Waals surface area contributed by atoms with Gasteiger partial charge in [-0.1, -0.05) is 6.07 Å². The second-order valence-electron chi connectivity index (χ2n) is 7.55. The van der Waals surface area contributed by atoms with Crippen LogP contribution in [0.3, 0.4) is 0 Å². The topological polar surface area (TPSA) is 118 Å². The van der Waals surface area contributed by atoms with E-state index in [9.17, 15) is 13.9 Å². The Balaban J connectivity index is 2.06. The van der Waals surface area contributed by atoms with Crippen molar-refractivity contribution in [3.8, 4) is 17.3 Å². The molecule has 0 saturated heterocycles. The number of hydrogen-bond donors (Lipinski definition) is 3. The van der Waals surface area contributed by atoms with Crippen molar-refractivity contribution < 1.29 is 18.6 Å². The van der Waals surface area contributed by atoms with Gasteiger partial charge in [0.15, 0.2) is 11.3 Å². The number of aromatic nitrogens is 6. The Morgan fingerprint density at radius 1 is 1.12 bits per heavy atom. The summed E-state index contributed by atoms with van der Waals surface area (Å²) in [5.74, 6) is 0.574. The van der Waals surface area contributed by atoms with Crippen LogP contribution in [0.25, 0.3) is 38.7 Å². The van der Waals surface area contributed by atoms with Gasteiger partial charge in [0, 0.05) is 5.56 Å². The molecule has 0 amide bonds. The summed E-state index contributed by atoms with van der Waals surface area (Å²) in [5.41, 5.74) is 2.86. The summed E-state index contributed by atoms with van der Waals surface area (Å²) >= 11 is 0. The number of nitrogens with zero attached hydrogens (tertiary/aromatic N) is 5. The highest BCUT2D eigenvalue weighted by molar-refractivity contribution is 6.16. The van der Waals surface area contributed by atoms with E-state index in [-0.39, 0.29) is 21.9 Å². The zero-order valence-corrected chi connectivity index (χ0v) is 17.7. The Bertz CT molecular complexity index is 1610. The maximum Gasteiger partial charge on any atom is 0.335 e. The molecule has 5 aromatic rings. The van der Waals surface area contributed by atoms with Crippen molar-refractivity contribution in [1.29, 1.82) is 5.41 Å². The quantitative estimate of drug-likeness (QED) is 0.396. The molecule has 5 rings (SSSR count). The second kappa shape index (κ2) is 6.74. The summed E-state index contributed by atoms with van der Waals surface area (Å²) in [6.45, 7) is 2.56. The first-order valence-corrected chi connectivity index (χ1v) is 9.73. The van der Waals surface area contributed by atoms with Gasteiger partial charge in [0.2, 0.25) is 5.88 Å². The first-order valence-electron chi connectivity index (χ1n) is 9.73. The van der Waals surface area contributed by atoms with E-state index in [1.165, 1.54) is 6.20 Å². The molecule has 0 bridgehead atoms. The Kier molecular flexibility index (Phi) is 4.19. The summed E-state index contributed by atoms with van der Waals surface area (Å²) in [4.78, 5) is 11.7. The Morgan fingerprint density at radius 3 is 2.56 bits per heavy atom. The molecule has 0 atom stereocenters. The molecule has 0 fully saturated rings. The molecule has 32 heavy (non-hydrogen) atoms. The maximum absolute atomic E-state index is 13.5. The highest BCUT2D eigenvalue weighted by atomic mass is 19.3. The van der Waals surface area contributed by atoms with Crippen molar-refractivity contribution in [1.82, 2.24) is 29.3 Å². The normalized spacial score (nSPS) is 12.0. The van der Waals surface area contributed by atoms with Crippen molar-refractivity contribution >= 4 is 33.0 Å². The lowest BCUT2D eigenvalue weighted by Crippen LogP contribution is -2.16. The average Bonchev–Trinajstić information content (AvgIpc) is 3.23. The number of fused-ring (bicyclic) bond motifs is 2. The molecular weight excluding hydrogens is 420 g/mol. The third-order valence-corrected chi connectivity index (χ3v) is 5.66. The number of halogens is 2. The lowest BCUT2D eigenvalue weighted by molar-refractivity contribution is 0.0608. The number of H-pyrrole nitrogens is 1. The van der Waals surface area contributed by atoms with Crippen LogP contribution < -0.4 is 10.2 Å². The second-order valence-corrected chi connectivity index (χ2v) is 7.55. The fourth-order valence-corrected chi connectivity index (χ4v) is 4.29. The third kappa shape index (κ3) is 2.53. The first kappa shape index (κ1) is 19.9. The van der Waals surface area contributed by atoms with Gasteiger partial charge in [-0.3, -0.25) is 9.98 Å². The molecule has 164 valence electrons. The smallest absolute Gasteiger partial charge is 0.335 e. The minimum absolute atomic E-state index is 0.0739. The molecule has 9 nitrogen and oxygen atoms in total. The van der Waals surface area contributed by atoms with Gasteiger partial charge in [0.05, 0.1) is 40.7 Å². The predicted octanol–water partition coefficient (Wildman–Crippen LogP) is 3.77. The van der Waals surface area contributed by atoms with Gasteiger partial charge in [-0.2, -0.15) is 23.5 Å². The number of ether oxygens (including phenoxy) is 1. The van der Waals surface area contributed by atoms with Crippen LogP contribution >= 0.6 is 0 Å². The van der Waals surface area contributed by atoms with Gasteiger partial charge < -0.3 is 14.8 Å². The summed E-state index contributed by atoms with van der Waals surface area (Å²) in [6.07, 6.45) is 1.26. The third-order valence-electron chi connectivity index (χ3n) is 5.66. The van der Waals surface area contributed by atoms with Crippen LogP contribution in [0.4, 0.5) is 8.78 Å². The number of alkyl halides is 2. The van der Waals surface area contributed by atoms with E-state index in [0.29, 0.717) is 38.5 Å². The number of hydrogen-bond acceptors (Lipinski definition) is 6.